The van der Waals surface area contributed by atoms with Crippen molar-refractivity contribution in [1.82, 2.24) is 9.97 Å². The van der Waals surface area contributed by atoms with Crippen LogP contribution in [-0.4, -0.2) is 9.97 Å². The highest BCUT2D eigenvalue weighted by Gasteiger charge is 2.16. The van der Waals surface area contributed by atoms with E-state index in [1.807, 2.05) is 60.7 Å². The molecule has 0 radical (unpaired) electrons. The first kappa shape index (κ1) is 18.4. The van der Waals surface area contributed by atoms with Crippen LogP contribution < -0.4 is 0 Å². The summed E-state index contributed by atoms with van der Waals surface area (Å²) in [6, 6.07) is 18.4. The van der Waals surface area contributed by atoms with Crippen LogP contribution in [0.3, 0.4) is 0 Å². The van der Waals surface area contributed by atoms with E-state index in [0.717, 1.165) is 48.0 Å². The molecule has 0 atom stereocenters. The minimum absolute atomic E-state index is 0.0828. The third-order valence-corrected chi connectivity index (χ3v) is 9.81. The molecule has 4 heteroatoms. The Hall–Kier alpha value is -6.36. The van der Waals surface area contributed by atoms with Crippen molar-refractivity contribution in [2.24, 2.45) is 0 Å². The third kappa shape index (κ3) is 4.80. The van der Waals surface area contributed by atoms with E-state index in [1.54, 1.807) is 18.2 Å². The van der Waals surface area contributed by atoms with Crippen LogP contribution in [0, 0.1) is 0 Å². The summed E-state index contributed by atoms with van der Waals surface area (Å²) in [5.74, 6) is 0. The molecule has 0 aliphatic rings. The van der Waals surface area contributed by atoms with Crippen molar-refractivity contribution in [2.45, 2.75) is 0 Å². The summed E-state index contributed by atoms with van der Waals surface area (Å²) < 4.78 is 121. The molecule has 0 saturated carbocycles. The summed E-state index contributed by atoms with van der Waals surface area (Å²) in [4.78, 5) is 9.37. The molecular weight excluding hydrogens is 629 g/mol. The number of hydrogen-bond acceptors (Lipinski definition) is 4. The van der Waals surface area contributed by atoms with Crippen molar-refractivity contribution >= 4 is 53.6 Å². The summed E-state index contributed by atoms with van der Waals surface area (Å²) in [6.45, 7) is 0. The highest BCUT2D eigenvalue weighted by Crippen LogP contribution is 2.41. The third-order valence-electron chi connectivity index (χ3n) is 8.64. The minimum Gasteiger partial charge on any atom is -0.455 e. The van der Waals surface area contributed by atoms with Crippen LogP contribution in [0.15, 0.2) is 174 Å². The number of thiophene rings is 1. The monoisotopic (exact) mass is 669 g/mol. The van der Waals surface area contributed by atoms with Gasteiger partial charge in [0.2, 0.25) is 0 Å². The molecule has 50 heavy (non-hydrogen) atoms. The number of benzene rings is 7. The van der Waals surface area contributed by atoms with Crippen LogP contribution in [0.5, 0.6) is 0 Å². The van der Waals surface area contributed by atoms with Crippen molar-refractivity contribution in [1.29, 1.82) is 0 Å². The Morgan fingerprint density at radius 1 is 0.520 bits per heavy atom. The van der Waals surface area contributed by atoms with Crippen LogP contribution in [0.4, 0.5) is 0 Å². The fourth-order valence-corrected chi connectivity index (χ4v) is 7.44. The van der Waals surface area contributed by atoms with Crippen molar-refractivity contribution in [3.63, 3.8) is 0 Å². The van der Waals surface area contributed by atoms with Gasteiger partial charge in [-0.2, -0.15) is 0 Å². The van der Waals surface area contributed by atoms with Gasteiger partial charge in [-0.1, -0.05) is 133 Å². The molecule has 0 aliphatic heterocycles. The molecule has 7 aromatic carbocycles. The zero-order valence-electron chi connectivity index (χ0n) is 38.9. The fourth-order valence-electron chi connectivity index (χ4n) is 6.30. The van der Waals surface area contributed by atoms with Crippen molar-refractivity contribution in [2.75, 3.05) is 0 Å². The van der Waals surface area contributed by atoms with Gasteiger partial charge in [-0.25, -0.2) is 9.97 Å². The van der Waals surface area contributed by atoms with Gasteiger partial charge >= 0.3 is 0 Å². The molecule has 0 saturated heterocycles. The second-order valence-corrected chi connectivity index (χ2v) is 12.6. The van der Waals surface area contributed by atoms with Crippen molar-refractivity contribution in [3.05, 3.63) is 170 Å². The Morgan fingerprint density at radius 3 is 2.12 bits per heavy atom. The number of hydrogen-bond donors (Lipinski definition) is 0. The van der Waals surface area contributed by atoms with Gasteiger partial charge in [0.25, 0.3) is 0 Å². The Kier molecular flexibility index (Phi) is 4.29. The van der Waals surface area contributed by atoms with E-state index in [2.05, 4.69) is 11.1 Å². The van der Waals surface area contributed by atoms with E-state index in [9.17, 15) is 1.37 Å². The van der Waals surface area contributed by atoms with Crippen LogP contribution in [0.1, 0.15) is 17.8 Å². The highest BCUT2D eigenvalue weighted by atomic mass is 32.1. The summed E-state index contributed by atoms with van der Waals surface area (Å²) in [7, 11) is 0. The Bertz CT molecular complexity index is 3580. The van der Waals surface area contributed by atoms with Crippen LogP contribution in [0.25, 0.3) is 98.0 Å². The molecule has 0 N–H and O–H groups in total. The number of para-hydroxylation sites is 2. The number of rotatable bonds is 5. The maximum absolute atomic E-state index is 9.38. The molecule has 234 valence electrons. The predicted molar refractivity (Wildman–Crippen MR) is 209 cm³/mol. The summed E-state index contributed by atoms with van der Waals surface area (Å²) >= 11 is 1.46. The van der Waals surface area contributed by atoms with Gasteiger partial charge in [-0.3, -0.25) is 0 Å². The average Bonchev–Trinajstić information content (AvgIpc) is 3.87. The molecule has 10 aromatic rings. The first-order valence-electron chi connectivity index (χ1n) is 22.2. The lowest BCUT2D eigenvalue weighted by molar-refractivity contribution is 0.670. The largest absolute Gasteiger partial charge is 0.455 e. The van der Waals surface area contributed by atoms with Crippen molar-refractivity contribution < 1.29 is 22.2 Å². The minimum atomic E-state index is -0.759. The van der Waals surface area contributed by atoms with E-state index in [4.69, 9.17) is 25.9 Å². The molecule has 0 amide bonds. The molecular formula is C46H28N2OS. The van der Waals surface area contributed by atoms with Gasteiger partial charge < -0.3 is 4.42 Å². The lowest BCUT2D eigenvalue weighted by atomic mass is 9.96. The second kappa shape index (κ2) is 11.7. The second-order valence-electron chi connectivity index (χ2n) is 11.6. The van der Waals surface area contributed by atoms with Crippen LogP contribution in [-0.2, 0) is 0 Å². The highest BCUT2D eigenvalue weighted by molar-refractivity contribution is 7.26. The summed E-state index contributed by atoms with van der Waals surface area (Å²) in [5, 5.41) is 2.72. The van der Waals surface area contributed by atoms with Crippen LogP contribution >= 0.6 is 11.3 Å². The molecule has 10 rings (SSSR count). The maximum atomic E-state index is 9.38. The van der Waals surface area contributed by atoms with Gasteiger partial charge in [0, 0.05) is 32.0 Å². The number of aromatic nitrogens is 2. The Balaban J connectivity index is 1.11. The first-order chi connectivity index (χ1) is 30.2. The lowest BCUT2D eigenvalue weighted by Gasteiger charge is -2.08. The smallest absolute Gasteiger partial charge is 0.143 e. The standard InChI is InChI=1S/C46H28N2OS/c1-2-9-29(10-3-1)30-19-21-31(22-20-30)32-11-6-12-33(25-32)34-23-24-42-40(27-34)44-46(50-42)43(47-28-48-44)36-14-7-13-35(26-36)37-16-8-17-39-38-15-4-5-18-41(38)49-45(37)39/h1-28H/i1D,2D,3D,6D,9D,10D,11D,12D,19D,20D,21D,22D,25D. The number of furan rings is 1. The zero-order valence-corrected chi connectivity index (χ0v) is 26.7. The predicted octanol–water partition coefficient (Wildman–Crippen LogP) is 13.1. The molecule has 3 nitrogen and oxygen atoms in total. The first-order valence-corrected chi connectivity index (χ1v) is 16.5. The van der Waals surface area contributed by atoms with Gasteiger partial charge in [0.15, 0.2) is 0 Å². The molecule has 3 heterocycles. The van der Waals surface area contributed by atoms with Crippen LogP contribution in [0.2, 0.25) is 0 Å². The van der Waals surface area contributed by atoms with Gasteiger partial charge in [0.1, 0.15) is 17.5 Å². The normalized spacial score (nSPS) is 15.2. The Morgan fingerprint density at radius 2 is 1.24 bits per heavy atom. The molecule has 0 unspecified atom stereocenters. The summed E-state index contributed by atoms with van der Waals surface area (Å²) in [5.41, 5.74) is 3.83. The fraction of sp³-hybridized carbons (Fsp3) is 0. The molecule has 0 bridgehead atoms. The average molecular weight is 670 g/mol. The Labute approximate surface area is 311 Å². The maximum Gasteiger partial charge on any atom is 0.143 e. The van der Waals surface area contributed by atoms with E-state index in [0.29, 0.717) is 22.2 Å². The van der Waals surface area contributed by atoms with Gasteiger partial charge in [-0.05, 0) is 69.3 Å². The number of nitrogens with zero attached hydrogens (tertiary/aromatic N) is 2. The molecule has 3 aromatic heterocycles. The van der Waals surface area contributed by atoms with Crippen molar-refractivity contribution in [3.8, 4) is 55.8 Å². The zero-order chi connectivity index (χ0) is 44.3. The molecule has 0 aliphatic carbocycles. The van der Waals surface area contributed by atoms with E-state index < -0.39 is 101 Å². The lowest BCUT2D eigenvalue weighted by Crippen LogP contribution is -1.87. The van der Waals surface area contributed by atoms with E-state index >= 15 is 0 Å². The van der Waals surface area contributed by atoms with E-state index in [1.165, 1.54) is 17.7 Å². The van der Waals surface area contributed by atoms with Gasteiger partial charge in [0.05, 0.1) is 33.7 Å². The van der Waals surface area contributed by atoms with E-state index in [-0.39, 0.29) is 5.56 Å². The summed E-state index contributed by atoms with van der Waals surface area (Å²) in [6.07, 6.45) is 1.47. The number of fused-ring (bicyclic) bond motifs is 6. The molecule has 0 fully saturated rings. The SMILES string of the molecule is [2H]c1c([2H])c([2H])c(-c2c([2H])c([2H])c(-c3c([2H])c([2H])c([2H])c(-c4ccc5sc6c(-c7cccc(-c8cccc9c8oc8ccccc89)c7)ncnc6c5c4)c3[2H])c([2H])c2[2H])c([2H])c1[2H]. The van der Waals surface area contributed by atoms with Gasteiger partial charge in [-0.15, -0.1) is 11.3 Å². The topological polar surface area (TPSA) is 38.9 Å². The quantitative estimate of drug-likeness (QED) is 0.183. The molecule has 0 spiro atoms.